The summed E-state index contributed by atoms with van der Waals surface area (Å²) in [6.45, 7) is 10.9. The molecule has 1 aromatic heterocycles. The van der Waals surface area contributed by atoms with Gasteiger partial charge in [0.05, 0.1) is 31.0 Å². The molecule has 4 aromatic rings. The summed E-state index contributed by atoms with van der Waals surface area (Å²) in [6.07, 6.45) is 32.3. The Morgan fingerprint density at radius 1 is 0.518 bits per heavy atom. The SMILES string of the molecule is CCCCCCCCCCOc1cc2cc(C=Nc3ccccc3)c3nc(C)ccc3c2c(OCCCCCCCCCC)c1OCCCCCCCCCC. The summed E-state index contributed by atoms with van der Waals surface area (Å²) in [7, 11) is 0. The first kappa shape index (κ1) is 45.1. The molecule has 0 N–H and O–H groups in total. The van der Waals surface area contributed by atoms with E-state index in [1.54, 1.807) is 0 Å². The Morgan fingerprint density at radius 2 is 1.00 bits per heavy atom. The molecule has 0 unspecified atom stereocenters. The highest BCUT2D eigenvalue weighted by Crippen LogP contribution is 2.47. The Hall–Kier alpha value is -3.60. The van der Waals surface area contributed by atoms with Crippen LogP contribution in [-0.2, 0) is 0 Å². The number of ether oxygens (including phenoxy) is 3. The van der Waals surface area contributed by atoms with E-state index in [9.17, 15) is 0 Å². The Morgan fingerprint density at radius 3 is 1.54 bits per heavy atom. The summed E-state index contributed by atoms with van der Waals surface area (Å²) < 4.78 is 20.4. The number of fused-ring (bicyclic) bond motifs is 3. The van der Waals surface area contributed by atoms with Gasteiger partial charge in [-0.25, -0.2) is 0 Å². The van der Waals surface area contributed by atoms with E-state index in [4.69, 9.17) is 24.2 Å². The number of aromatic nitrogens is 1. The number of pyridine rings is 1. The highest BCUT2D eigenvalue weighted by molar-refractivity contribution is 6.16. The van der Waals surface area contributed by atoms with Gasteiger partial charge in [0.1, 0.15) is 0 Å². The molecule has 0 fully saturated rings. The van der Waals surface area contributed by atoms with E-state index in [-0.39, 0.29) is 0 Å². The topological polar surface area (TPSA) is 52.9 Å². The van der Waals surface area contributed by atoms with Gasteiger partial charge in [-0.1, -0.05) is 180 Å². The summed E-state index contributed by atoms with van der Waals surface area (Å²) in [5, 5.41) is 3.17. The number of hydrogen-bond acceptors (Lipinski definition) is 5. The molecular formula is C51H76N2O3. The summed E-state index contributed by atoms with van der Waals surface area (Å²) >= 11 is 0. The second kappa shape index (κ2) is 27.9. The van der Waals surface area contributed by atoms with Crippen molar-refractivity contribution in [2.75, 3.05) is 19.8 Å². The van der Waals surface area contributed by atoms with Gasteiger partial charge in [-0.2, -0.15) is 0 Å². The first-order chi connectivity index (χ1) is 27.7. The van der Waals surface area contributed by atoms with Crippen molar-refractivity contribution in [1.82, 2.24) is 4.98 Å². The zero-order valence-corrected chi connectivity index (χ0v) is 36.0. The van der Waals surface area contributed by atoms with E-state index in [1.807, 2.05) is 36.5 Å². The molecule has 0 bridgehead atoms. The predicted octanol–water partition coefficient (Wildman–Crippen LogP) is 16.0. The van der Waals surface area contributed by atoms with Crippen molar-refractivity contribution >= 4 is 33.6 Å². The second-order valence-electron chi connectivity index (χ2n) is 16.0. The Balaban J connectivity index is 1.64. The van der Waals surface area contributed by atoms with Crippen LogP contribution in [-0.4, -0.2) is 31.0 Å². The number of benzene rings is 3. The van der Waals surface area contributed by atoms with Gasteiger partial charge in [0.15, 0.2) is 11.5 Å². The molecule has 0 spiro atoms. The van der Waals surface area contributed by atoms with Crippen molar-refractivity contribution in [2.24, 2.45) is 4.99 Å². The van der Waals surface area contributed by atoms with Gasteiger partial charge in [0.2, 0.25) is 5.75 Å². The largest absolute Gasteiger partial charge is 0.490 e. The summed E-state index contributed by atoms with van der Waals surface area (Å²) in [4.78, 5) is 9.95. The number of aliphatic imine (C=N–C) groups is 1. The molecule has 0 saturated heterocycles. The van der Waals surface area contributed by atoms with Crippen LogP contribution in [0.3, 0.4) is 0 Å². The lowest BCUT2D eigenvalue weighted by molar-refractivity contribution is 0.236. The minimum Gasteiger partial charge on any atom is -0.490 e. The van der Waals surface area contributed by atoms with Crippen molar-refractivity contribution in [2.45, 2.75) is 182 Å². The van der Waals surface area contributed by atoms with E-state index >= 15 is 0 Å². The Bertz CT molecular complexity index is 1670. The smallest absolute Gasteiger partial charge is 0.204 e. The maximum Gasteiger partial charge on any atom is 0.204 e. The zero-order valence-electron chi connectivity index (χ0n) is 36.0. The number of aryl methyl sites for hydroxylation is 1. The number of hydrogen-bond donors (Lipinski definition) is 0. The van der Waals surface area contributed by atoms with Gasteiger partial charge in [0.25, 0.3) is 0 Å². The molecule has 0 aliphatic rings. The van der Waals surface area contributed by atoms with Crippen LogP contribution in [0.25, 0.3) is 21.7 Å². The first-order valence-corrected chi connectivity index (χ1v) is 23.0. The second-order valence-corrected chi connectivity index (χ2v) is 16.0. The summed E-state index contributed by atoms with van der Waals surface area (Å²) in [5.74, 6) is 2.35. The van der Waals surface area contributed by atoms with Crippen LogP contribution < -0.4 is 14.2 Å². The molecule has 5 heteroatoms. The zero-order chi connectivity index (χ0) is 39.5. The maximum absolute atomic E-state index is 6.90. The molecule has 0 atom stereocenters. The average Bonchev–Trinajstić information content (AvgIpc) is 3.21. The highest BCUT2D eigenvalue weighted by Gasteiger charge is 2.22. The number of para-hydroxylation sites is 1. The van der Waals surface area contributed by atoms with Crippen LogP contribution in [0.1, 0.15) is 186 Å². The quantitative estimate of drug-likeness (QED) is 0.0282. The first-order valence-electron chi connectivity index (χ1n) is 23.0. The predicted molar refractivity (Wildman–Crippen MR) is 242 cm³/mol. The standard InChI is InChI=1S/C51H76N2O3/c1-5-8-11-14-17-20-23-29-36-54-47-40-43-39-44(41-52-45-32-27-26-28-33-45)49-46(35-34-42(4)53-49)48(43)51(56-38-31-25-22-19-16-13-10-7-3)50(47)55-37-30-24-21-18-15-12-9-6-2/h26-28,32-35,39-41H,5-25,29-31,36-38H2,1-4H3. The third-order valence-corrected chi connectivity index (χ3v) is 11.0. The minimum atomic E-state index is 0.650. The molecule has 308 valence electrons. The number of unbranched alkanes of at least 4 members (excludes halogenated alkanes) is 21. The van der Waals surface area contributed by atoms with Crippen LogP contribution in [0, 0.1) is 6.92 Å². The van der Waals surface area contributed by atoms with E-state index in [0.717, 1.165) is 75.1 Å². The van der Waals surface area contributed by atoms with Gasteiger partial charge < -0.3 is 14.2 Å². The molecular weight excluding hydrogens is 689 g/mol. The highest BCUT2D eigenvalue weighted by atomic mass is 16.5. The van der Waals surface area contributed by atoms with Crippen molar-refractivity contribution in [3.8, 4) is 17.2 Å². The molecule has 5 nitrogen and oxygen atoms in total. The normalized spacial score (nSPS) is 11.6. The molecule has 0 radical (unpaired) electrons. The fraction of sp³-hybridized carbons (Fsp3) is 0.608. The van der Waals surface area contributed by atoms with Crippen molar-refractivity contribution in [3.05, 3.63) is 65.9 Å². The average molecular weight is 765 g/mol. The molecule has 0 saturated carbocycles. The Kier molecular flexibility index (Phi) is 22.5. The van der Waals surface area contributed by atoms with Gasteiger partial charge in [0, 0.05) is 28.2 Å². The molecule has 1 heterocycles. The van der Waals surface area contributed by atoms with Crippen molar-refractivity contribution in [1.29, 1.82) is 0 Å². The van der Waals surface area contributed by atoms with Gasteiger partial charge in [-0.3, -0.25) is 9.98 Å². The van der Waals surface area contributed by atoms with Crippen LogP contribution in [0.2, 0.25) is 0 Å². The maximum atomic E-state index is 6.90. The van der Waals surface area contributed by atoms with Crippen molar-refractivity contribution < 1.29 is 14.2 Å². The fourth-order valence-corrected chi connectivity index (χ4v) is 7.62. The minimum absolute atomic E-state index is 0.650. The van der Waals surface area contributed by atoms with Gasteiger partial charge in [-0.15, -0.1) is 0 Å². The van der Waals surface area contributed by atoms with E-state index in [0.29, 0.717) is 19.8 Å². The van der Waals surface area contributed by atoms with Gasteiger partial charge >= 0.3 is 0 Å². The van der Waals surface area contributed by atoms with E-state index < -0.39 is 0 Å². The van der Waals surface area contributed by atoms with Crippen molar-refractivity contribution in [3.63, 3.8) is 0 Å². The molecule has 3 aromatic carbocycles. The third-order valence-electron chi connectivity index (χ3n) is 11.0. The lowest BCUT2D eigenvalue weighted by atomic mass is 9.98. The number of nitrogens with zero attached hydrogens (tertiary/aromatic N) is 2. The van der Waals surface area contributed by atoms with Crippen LogP contribution in [0.15, 0.2) is 59.6 Å². The number of rotatable bonds is 32. The summed E-state index contributed by atoms with van der Waals surface area (Å²) in [5.41, 5.74) is 3.80. The molecule has 0 amide bonds. The molecule has 4 rings (SSSR count). The lowest BCUT2D eigenvalue weighted by Crippen LogP contribution is -2.07. The van der Waals surface area contributed by atoms with E-state index in [1.165, 1.54) is 135 Å². The fourth-order valence-electron chi connectivity index (χ4n) is 7.62. The third kappa shape index (κ3) is 16.1. The lowest BCUT2D eigenvalue weighted by Gasteiger charge is -2.21. The van der Waals surface area contributed by atoms with E-state index in [2.05, 4.69) is 52.0 Å². The van der Waals surface area contributed by atoms with Crippen LogP contribution >= 0.6 is 0 Å². The summed E-state index contributed by atoms with van der Waals surface area (Å²) in [6, 6.07) is 18.8. The molecule has 0 aliphatic heterocycles. The molecule has 56 heavy (non-hydrogen) atoms. The Labute approximate surface area is 341 Å². The monoisotopic (exact) mass is 765 g/mol. The van der Waals surface area contributed by atoms with Crippen LogP contribution in [0.4, 0.5) is 5.69 Å². The molecule has 0 aliphatic carbocycles. The van der Waals surface area contributed by atoms with Crippen LogP contribution in [0.5, 0.6) is 17.2 Å². The van der Waals surface area contributed by atoms with Gasteiger partial charge in [-0.05, 0) is 61.9 Å².